The summed E-state index contributed by atoms with van der Waals surface area (Å²) in [6, 6.07) is 6.76. The van der Waals surface area contributed by atoms with E-state index in [2.05, 4.69) is 46.9 Å². The van der Waals surface area contributed by atoms with Crippen LogP contribution in [0.4, 0.5) is 0 Å². The van der Waals surface area contributed by atoms with Crippen molar-refractivity contribution in [3.05, 3.63) is 58.6 Å². The predicted molar refractivity (Wildman–Crippen MR) is 110 cm³/mol. The number of allylic oxidation sites excluding steroid dienone is 1. The van der Waals surface area contributed by atoms with E-state index in [1.54, 1.807) is 19.5 Å². The van der Waals surface area contributed by atoms with Gasteiger partial charge < -0.3 is 14.7 Å². The lowest BCUT2D eigenvalue weighted by Gasteiger charge is -2.20. The Balaban J connectivity index is 1.67. The number of hydrogen-bond donors (Lipinski definition) is 1. The molecular formula is C23H29N3O2. The first kappa shape index (κ1) is 19.1. The van der Waals surface area contributed by atoms with Crippen molar-refractivity contribution in [3.8, 4) is 5.88 Å². The van der Waals surface area contributed by atoms with Gasteiger partial charge in [0.1, 0.15) is 5.69 Å². The Hall–Kier alpha value is -2.24. The smallest absolute Gasteiger partial charge is 0.235 e. The molecule has 0 radical (unpaired) electrons. The van der Waals surface area contributed by atoms with Crippen molar-refractivity contribution in [1.82, 2.24) is 14.9 Å². The van der Waals surface area contributed by atoms with Crippen LogP contribution in [0.5, 0.6) is 5.88 Å². The molecule has 148 valence electrons. The predicted octanol–water partition coefficient (Wildman–Crippen LogP) is 3.36. The maximum absolute atomic E-state index is 9.83. The number of likely N-dealkylation sites (tertiary alicyclic amines) is 1. The van der Waals surface area contributed by atoms with Crippen LogP contribution in [0.1, 0.15) is 48.1 Å². The molecule has 1 aromatic carbocycles. The first-order valence-electron chi connectivity index (χ1n) is 10.1. The molecule has 0 amide bonds. The molecule has 1 saturated heterocycles. The van der Waals surface area contributed by atoms with Crippen molar-refractivity contribution in [2.45, 2.75) is 45.1 Å². The van der Waals surface area contributed by atoms with Crippen molar-refractivity contribution in [2.75, 3.05) is 26.7 Å². The van der Waals surface area contributed by atoms with E-state index in [1.165, 1.54) is 27.8 Å². The minimum absolute atomic E-state index is 0.117. The molecule has 28 heavy (non-hydrogen) atoms. The molecule has 2 heterocycles. The first-order valence-corrected chi connectivity index (χ1v) is 10.1. The zero-order valence-electron chi connectivity index (χ0n) is 17.0. The molecule has 1 aliphatic heterocycles. The van der Waals surface area contributed by atoms with E-state index in [0.29, 0.717) is 5.88 Å². The third kappa shape index (κ3) is 3.69. The molecular weight excluding hydrogens is 350 g/mol. The van der Waals surface area contributed by atoms with Gasteiger partial charge in [0.05, 0.1) is 13.2 Å². The molecule has 2 aromatic rings. The molecule has 4 rings (SSSR count). The van der Waals surface area contributed by atoms with E-state index < -0.39 is 0 Å². The number of ether oxygens (including phenoxy) is 1. The highest BCUT2D eigenvalue weighted by molar-refractivity contribution is 5.80. The van der Waals surface area contributed by atoms with Crippen LogP contribution in [0.2, 0.25) is 0 Å². The van der Waals surface area contributed by atoms with Gasteiger partial charge in [-0.15, -0.1) is 0 Å². The summed E-state index contributed by atoms with van der Waals surface area (Å²) in [5.74, 6) is 0.719. The summed E-state index contributed by atoms with van der Waals surface area (Å²) in [7, 11) is 1.65. The standard InChI is InChI=1S/C23H29N3O2/c1-15-4-5-20-18(12-15)13-17(6-10-26-11-7-19(27)14-26)21(20)16(2)22-23(28-3)25-9-8-24-22/h4-5,8-9,12,16,19,27H,6-7,10-11,13-14H2,1-3H3. The highest BCUT2D eigenvalue weighted by atomic mass is 16.5. The van der Waals surface area contributed by atoms with Crippen LogP contribution in [-0.2, 0) is 6.42 Å². The second kappa shape index (κ2) is 8.02. The Kier molecular flexibility index (Phi) is 5.47. The monoisotopic (exact) mass is 379 g/mol. The van der Waals surface area contributed by atoms with Gasteiger partial charge >= 0.3 is 0 Å². The molecule has 1 aromatic heterocycles. The SMILES string of the molecule is COc1nccnc1C(C)C1=C(CCN2CCC(O)C2)Cc2cc(C)ccc21. The maximum Gasteiger partial charge on any atom is 0.235 e. The summed E-state index contributed by atoms with van der Waals surface area (Å²) in [6.07, 6.45) is 6.15. The number of fused-ring (bicyclic) bond motifs is 1. The lowest BCUT2D eigenvalue weighted by atomic mass is 9.89. The Morgan fingerprint density at radius 2 is 2.11 bits per heavy atom. The van der Waals surface area contributed by atoms with Crippen molar-refractivity contribution in [1.29, 1.82) is 0 Å². The molecule has 1 aliphatic carbocycles. The summed E-state index contributed by atoms with van der Waals surface area (Å²) < 4.78 is 5.49. The lowest BCUT2D eigenvalue weighted by molar-refractivity contribution is 0.177. The van der Waals surface area contributed by atoms with Gasteiger partial charge in [-0.05, 0) is 42.9 Å². The Labute approximate surface area is 167 Å². The average molecular weight is 380 g/mol. The molecule has 2 aliphatic rings. The second-order valence-electron chi connectivity index (χ2n) is 8.02. The van der Waals surface area contributed by atoms with E-state index in [-0.39, 0.29) is 12.0 Å². The van der Waals surface area contributed by atoms with E-state index in [1.807, 2.05) is 0 Å². The maximum atomic E-state index is 9.83. The van der Waals surface area contributed by atoms with Crippen molar-refractivity contribution >= 4 is 5.57 Å². The normalized spacial score (nSPS) is 20.5. The minimum atomic E-state index is -0.167. The van der Waals surface area contributed by atoms with Crippen LogP contribution >= 0.6 is 0 Å². The van der Waals surface area contributed by atoms with Crippen LogP contribution < -0.4 is 4.74 Å². The van der Waals surface area contributed by atoms with Crippen molar-refractivity contribution in [2.24, 2.45) is 0 Å². The topological polar surface area (TPSA) is 58.5 Å². The van der Waals surface area contributed by atoms with Crippen LogP contribution in [0.25, 0.3) is 5.57 Å². The van der Waals surface area contributed by atoms with Crippen LogP contribution in [-0.4, -0.2) is 52.8 Å². The summed E-state index contributed by atoms with van der Waals surface area (Å²) in [5, 5.41) is 9.83. The molecule has 5 heteroatoms. The molecule has 0 bridgehead atoms. The third-order valence-electron chi connectivity index (χ3n) is 6.04. The van der Waals surface area contributed by atoms with E-state index >= 15 is 0 Å². The lowest BCUT2D eigenvalue weighted by Crippen LogP contribution is -2.23. The minimum Gasteiger partial charge on any atom is -0.480 e. The van der Waals surface area contributed by atoms with Crippen LogP contribution in [0, 0.1) is 6.92 Å². The van der Waals surface area contributed by atoms with Gasteiger partial charge in [-0.2, -0.15) is 0 Å². The number of hydrogen-bond acceptors (Lipinski definition) is 5. The van der Waals surface area contributed by atoms with E-state index in [9.17, 15) is 5.11 Å². The van der Waals surface area contributed by atoms with Gasteiger partial charge in [-0.1, -0.05) is 36.3 Å². The molecule has 0 spiro atoms. The summed E-state index contributed by atoms with van der Waals surface area (Å²) in [6.45, 7) is 7.13. The molecule has 2 atom stereocenters. The number of nitrogens with zero attached hydrogens (tertiary/aromatic N) is 3. The summed E-state index contributed by atoms with van der Waals surface area (Å²) in [4.78, 5) is 11.3. The summed E-state index contributed by atoms with van der Waals surface area (Å²) >= 11 is 0. The van der Waals surface area contributed by atoms with E-state index in [4.69, 9.17) is 4.74 Å². The molecule has 1 N–H and O–H groups in total. The van der Waals surface area contributed by atoms with E-state index in [0.717, 1.165) is 44.6 Å². The number of aromatic nitrogens is 2. The quantitative estimate of drug-likeness (QED) is 0.834. The number of β-amino-alcohol motifs (C(OH)–C–C–N with tert-alkyl or cyclic N) is 1. The average Bonchev–Trinajstić information content (AvgIpc) is 3.28. The first-order chi connectivity index (χ1) is 13.6. The van der Waals surface area contributed by atoms with Crippen molar-refractivity contribution < 1.29 is 9.84 Å². The zero-order chi connectivity index (χ0) is 19.7. The Morgan fingerprint density at radius 3 is 2.86 bits per heavy atom. The Bertz CT molecular complexity index is 893. The van der Waals surface area contributed by atoms with Crippen LogP contribution in [0.15, 0.2) is 36.2 Å². The number of rotatable bonds is 6. The third-order valence-corrected chi connectivity index (χ3v) is 6.04. The van der Waals surface area contributed by atoms with Gasteiger partial charge in [0.25, 0.3) is 0 Å². The second-order valence-corrected chi connectivity index (χ2v) is 8.02. The van der Waals surface area contributed by atoms with Gasteiger partial charge in [-0.25, -0.2) is 4.98 Å². The fourth-order valence-electron chi connectivity index (χ4n) is 4.64. The van der Waals surface area contributed by atoms with Crippen molar-refractivity contribution in [3.63, 3.8) is 0 Å². The highest BCUT2D eigenvalue weighted by Gasteiger charge is 2.29. The highest BCUT2D eigenvalue weighted by Crippen LogP contribution is 2.44. The van der Waals surface area contributed by atoms with Gasteiger partial charge in [0.15, 0.2) is 0 Å². The van der Waals surface area contributed by atoms with Crippen LogP contribution in [0.3, 0.4) is 0 Å². The molecule has 1 fully saturated rings. The Morgan fingerprint density at radius 1 is 1.29 bits per heavy atom. The number of aliphatic hydroxyl groups is 1. The van der Waals surface area contributed by atoms with Gasteiger partial charge in [0.2, 0.25) is 5.88 Å². The fraction of sp³-hybridized carbons (Fsp3) is 0.478. The number of aliphatic hydroxyl groups excluding tert-OH is 1. The number of aryl methyl sites for hydroxylation is 1. The molecule has 5 nitrogen and oxygen atoms in total. The molecule has 2 unspecified atom stereocenters. The number of methoxy groups -OCH3 is 1. The van der Waals surface area contributed by atoms with Gasteiger partial charge in [0, 0.05) is 37.9 Å². The largest absolute Gasteiger partial charge is 0.480 e. The summed E-state index contributed by atoms with van der Waals surface area (Å²) in [5.41, 5.74) is 7.77. The van der Waals surface area contributed by atoms with Gasteiger partial charge in [-0.3, -0.25) is 4.98 Å². The fourth-order valence-corrected chi connectivity index (χ4v) is 4.64. The number of benzene rings is 1. The zero-order valence-corrected chi connectivity index (χ0v) is 17.0. The molecule has 0 saturated carbocycles.